The zero-order chi connectivity index (χ0) is 19.0. The summed E-state index contributed by atoms with van der Waals surface area (Å²) in [6.07, 6.45) is 2.90. The summed E-state index contributed by atoms with van der Waals surface area (Å²) in [5, 5.41) is 0. The lowest BCUT2D eigenvalue weighted by Gasteiger charge is -2.09. The molecule has 0 amide bonds. The Balaban J connectivity index is 1.67. The number of pyridine rings is 1. The number of nitrogens with zero attached hydrogens (tertiary/aromatic N) is 2. The largest absolute Gasteiger partial charge is 0.457 e. The molecular formula is C20H17N3O3S. The predicted octanol–water partition coefficient (Wildman–Crippen LogP) is 4.13. The number of nitrogens with one attached hydrogen (secondary N) is 1. The minimum atomic E-state index is -3.23. The van der Waals surface area contributed by atoms with E-state index in [-0.39, 0.29) is 4.90 Å². The van der Waals surface area contributed by atoms with Gasteiger partial charge in [-0.1, -0.05) is 6.07 Å². The molecule has 2 aromatic carbocycles. The average Bonchev–Trinajstić information content (AvgIpc) is 3.05. The van der Waals surface area contributed by atoms with Crippen LogP contribution < -0.4 is 4.74 Å². The molecule has 4 rings (SSSR count). The van der Waals surface area contributed by atoms with E-state index in [0.29, 0.717) is 17.3 Å². The van der Waals surface area contributed by atoms with Gasteiger partial charge >= 0.3 is 0 Å². The normalized spacial score (nSPS) is 11.6. The van der Waals surface area contributed by atoms with Crippen LogP contribution in [0.5, 0.6) is 11.5 Å². The molecule has 0 aliphatic carbocycles. The number of sulfone groups is 1. The van der Waals surface area contributed by atoms with Gasteiger partial charge in [0.05, 0.1) is 15.9 Å². The molecule has 0 fully saturated rings. The van der Waals surface area contributed by atoms with Crippen LogP contribution in [0.15, 0.2) is 65.7 Å². The standard InChI is InChI=1S/C20H17N3O3S/c1-13-11-17-18(23-20(22-17)16-5-3-4-10-21-16)12-19(13)26-14-6-8-15(9-7-14)27(2,24)25/h3-12H,1-2H3,(H,22,23). The summed E-state index contributed by atoms with van der Waals surface area (Å²) in [6, 6.07) is 15.8. The third kappa shape index (κ3) is 3.54. The molecule has 0 aliphatic rings. The number of hydrogen-bond donors (Lipinski definition) is 1. The van der Waals surface area contributed by atoms with Gasteiger partial charge in [-0.2, -0.15) is 0 Å². The maximum atomic E-state index is 11.6. The molecule has 0 bridgehead atoms. The lowest BCUT2D eigenvalue weighted by Crippen LogP contribution is -1.96. The summed E-state index contributed by atoms with van der Waals surface area (Å²) in [5.74, 6) is 1.92. The molecule has 0 saturated carbocycles. The Morgan fingerprint density at radius 1 is 1.04 bits per heavy atom. The summed E-state index contributed by atoms with van der Waals surface area (Å²) in [5.41, 5.74) is 3.37. The monoisotopic (exact) mass is 379 g/mol. The Hall–Kier alpha value is -3.19. The molecule has 0 radical (unpaired) electrons. The van der Waals surface area contributed by atoms with Crippen molar-refractivity contribution in [3.05, 3.63) is 66.4 Å². The molecule has 1 N–H and O–H groups in total. The molecule has 7 heteroatoms. The number of fused-ring (bicyclic) bond motifs is 1. The molecule has 0 unspecified atom stereocenters. The van der Waals surface area contributed by atoms with Gasteiger partial charge in [0.25, 0.3) is 0 Å². The second-order valence-corrected chi connectivity index (χ2v) is 8.30. The molecule has 0 saturated heterocycles. The van der Waals surface area contributed by atoms with Gasteiger partial charge in [0, 0.05) is 18.5 Å². The Kier molecular flexibility index (Phi) is 4.16. The van der Waals surface area contributed by atoms with Gasteiger partial charge in [0.15, 0.2) is 15.7 Å². The maximum Gasteiger partial charge on any atom is 0.175 e. The van der Waals surface area contributed by atoms with E-state index in [9.17, 15) is 8.42 Å². The van der Waals surface area contributed by atoms with Crippen molar-refractivity contribution in [3.8, 4) is 23.0 Å². The van der Waals surface area contributed by atoms with Crippen LogP contribution in [-0.2, 0) is 9.84 Å². The van der Waals surface area contributed by atoms with Crippen LogP contribution in [-0.4, -0.2) is 29.6 Å². The van der Waals surface area contributed by atoms with Crippen LogP contribution in [0, 0.1) is 6.92 Å². The number of aryl methyl sites for hydroxylation is 1. The highest BCUT2D eigenvalue weighted by Crippen LogP contribution is 2.30. The first-order valence-corrected chi connectivity index (χ1v) is 10.2. The summed E-state index contributed by atoms with van der Waals surface area (Å²) in [6.45, 7) is 1.95. The number of ether oxygens (including phenoxy) is 1. The third-order valence-corrected chi connectivity index (χ3v) is 5.29. The second kappa shape index (κ2) is 6.51. The highest BCUT2D eigenvalue weighted by atomic mass is 32.2. The molecule has 2 heterocycles. The fourth-order valence-corrected chi connectivity index (χ4v) is 3.39. The third-order valence-electron chi connectivity index (χ3n) is 4.17. The molecule has 0 spiro atoms. The van der Waals surface area contributed by atoms with Crippen LogP contribution in [0.25, 0.3) is 22.6 Å². The van der Waals surface area contributed by atoms with Gasteiger partial charge in [-0.25, -0.2) is 13.4 Å². The number of H-pyrrole nitrogens is 1. The zero-order valence-electron chi connectivity index (χ0n) is 14.8. The van der Waals surface area contributed by atoms with Gasteiger partial charge in [0.2, 0.25) is 0 Å². The van der Waals surface area contributed by atoms with Crippen molar-refractivity contribution >= 4 is 20.9 Å². The van der Waals surface area contributed by atoms with Gasteiger partial charge in [-0.3, -0.25) is 4.98 Å². The lowest BCUT2D eigenvalue weighted by atomic mass is 10.2. The lowest BCUT2D eigenvalue weighted by molar-refractivity contribution is 0.479. The topological polar surface area (TPSA) is 84.9 Å². The van der Waals surface area contributed by atoms with Crippen LogP contribution in [0.2, 0.25) is 0 Å². The first kappa shape index (κ1) is 17.2. The molecule has 2 aromatic heterocycles. The number of hydrogen-bond acceptors (Lipinski definition) is 5. The van der Waals surface area contributed by atoms with Crippen molar-refractivity contribution in [3.63, 3.8) is 0 Å². The number of imidazole rings is 1. The van der Waals surface area contributed by atoms with E-state index in [4.69, 9.17) is 4.74 Å². The van der Waals surface area contributed by atoms with Crippen molar-refractivity contribution in [1.82, 2.24) is 15.0 Å². The minimum absolute atomic E-state index is 0.259. The highest BCUT2D eigenvalue weighted by molar-refractivity contribution is 7.90. The fourth-order valence-electron chi connectivity index (χ4n) is 2.76. The van der Waals surface area contributed by atoms with Gasteiger partial charge in [0.1, 0.15) is 17.2 Å². The van der Waals surface area contributed by atoms with Gasteiger partial charge in [-0.05, 0) is 55.0 Å². The van der Waals surface area contributed by atoms with Crippen LogP contribution in [0.4, 0.5) is 0 Å². The molecule has 136 valence electrons. The molecule has 0 atom stereocenters. The van der Waals surface area contributed by atoms with Crippen molar-refractivity contribution in [2.75, 3.05) is 6.26 Å². The Morgan fingerprint density at radius 3 is 2.48 bits per heavy atom. The van der Waals surface area contributed by atoms with E-state index in [2.05, 4.69) is 15.0 Å². The average molecular weight is 379 g/mol. The van der Waals surface area contributed by atoms with E-state index >= 15 is 0 Å². The zero-order valence-corrected chi connectivity index (χ0v) is 15.6. The quantitative estimate of drug-likeness (QED) is 0.576. The van der Waals surface area contributed by atoms with Gasteiger partial charge < -0.3 is 9.72 Å². The summed E-state index contributed by atoms with van der Waals surface area (Å²) >= 11 is 0. The van der Waals surface area contributed by atoms with Crippen LogP contribution in [0.3, 0.4) is 0 Å². The first-order chi connectivity index (χ1) is 12.9. The molecule has 0 aliphatic heterocycles. The first-order valence-electron chi connectivity index (χ1n) is 8.30. The summed E-state index contributed by atoms with van der Waals surface area (Å²) < 4.78 is 29.1. The predicted molar refractivity (Wildman–Crippen MR) is 104 cm³/mol. The summed E-state index contributed by atoms with van der Waals surface area (Å²) in [7, 11) is -3.23. The van der Waals surface area contributed by atoms with E-state index in [0.717, 1.165) is 22.3 Å². The molecule has 6 nitrogen and oxygen atoms in total. The van der Waals surface area contributed by atoms with E-state index < -0.39 is 9.84 Å². The van der Waals surface area contributed by atoms with E-state index in [1.807, 2.05) is 37.3 Å². The minimum Gasteiger partial charge on any atom is -0.457 e. The van der Waals surface area contributed by atoms with Crippen molar-refractivity contribution < 1.29 is 13.2 Å². The SMILES string of the molecule is Cc1cc2[nH]c(-c3ccccn3)nc2cc1Oc1ccc(S(C)(=O)=O)cc1. The number of rotatable bonds is 4. The molecule has 4 aromatic rings. The van der Waals surface area contributed by atoms with Crippen LogP contribution in [0.1, 0.15) is 5.56 Å². The Labute approximate surface area is 156 Å². The van der Waals surface area contributed by atoms with Crippen molar-refractivity contribution in [1.29, 1.82) is 0 Å². The maximum absolute atomic E-state index is 11.6. The number of aromatic nitrogens is 3. The van der Waals surface area contributed by atoms with E-state index in [1.54, 1.807) is 18.3 Å². The highest BCUT2D eigenvalue weighted by Gasteiger charge is 2.11. The smallest absolute Gasteiger partial charge is 0.175 e. The molecule has 27 heavy (non-hydrogen) atoms. The summed E-state index contributed by atoms with van der Waals surface area (Å²) in [4.78, 5) is 12.4. The Morgan fingerprint density at radius 2 is 1.81 bits per heavy atom. The van der Waals surface area contributed by atoms with Crippen molar-refractivity contribution in [2.24, 2.45) is 0 Å². The van der Waals surface area contributed by atoms with Crippen molar-refractivity contribution in [2.45, 2.75) is 11.8 Å². The number of aromatic amines is 1. The van der Waals surface area contributed by atoms with Gasteiger partial charge in [-0.15, -0.1) is 0 Å². The van der Waals surface area contributed by atoms with E-state index in [1.165, 1.54) is 18.4 Å². The fraction of sp³-hybridized carbons (Fsp3) is 0.100. The Bertz CT molecular complexity index is 1210. The number of benzene rings is 2. The second-order valence-electron chi connectivity index (χ2n) is 6.28. The molecular weight excluding hydrogens is 362 g/mol. The van der Waals surface area contributed by atoms with Crippen LogP contribution >= 0.6 is 0 Å².